The molecule has 0 aliphatic rings. The minimum Gasteiger partial charge on any atom is -0.481 e. The maximum Gasteiger partial charge on any atom is 0.307 e. The molecule has 0 amide bonds. The number of aliphatic carboxylic acids is 1. The molecule has 0 aliphatic heterocycles. The second-order valence-electron chi connectivity index (χ2n) is 3.38. The summed E-state index contributed by atoms with van der Waals surface area (Å²) in [6.07, 6.45) is 0. The minimum atomic E-state index is -0.754. The lowest BCUT2D eigenvalue weighted by molar-refractivity contribution is -0.140. The average molecular weight is 213 g/mol. The third-order valence-corrected chi connectivity index (χ3v) is 3.18. The fourth-order valence-electron chi connectivity index (χ4n) is 1.08. The van der Waals surface area contributed by atoms with Crippen molar-refractivity contribution in [3.63, 3.8) is 0 Å². The first-order valence-electron chi connectivity index (χ1n) is 4.61. The van der Waals surface area contributed by atoms with Gasteiger partial charge in [-0.05, 0) is 18.4 Å². The van der Waals surface area contributed by atoms with E-state index in [0.717, 1.165) is 0 Å². The van der Waals surface area contributed by atoms with Crippen LogP contribution in [-0.2, 0) is 4.79 Å². The van der Waals surface area contributed by atoms with E-state index >= 15 is 0 Å². The van der Waals surface area contributed by atoms with E-state index in [-0.39, 0.29) is 12.0 Å². The molecule has 14 heavy (non-hydrogen) atoms. The molecule has 0 saturated carbocycles. The van der Waals surface area contributed by atoms with E-state index in [1.54, 1.807) is 18.3 Å². The second-order valence-corrected chi connectivity index (χ2v) is 4.36. The number of carbonyl (C=O) groups is 1. The highest BCUT2D eigenvalue weighted by molar-refractivity contribution is 7.10. The maximum atomic E-state index is 10.6. The molecule has 1 aromatic heterocycles. The zero-order chi connectivity index (χ0) is 10.6. The molecule has 1 aromatic rings. The lowest BCUT2D eigenvalue weighted by atomic mass is 10.1. The van der Waals surface area contributed by atoms with Crippen molar-refractivity contribution < 1.29 is 9.90 Å². The standard InChI is InChI=1S/C10H15NO2S/c1-7(10(12)13)6-11-8(2)9-4-3-5-14-9/h3-5,7-8,11H,6H2,1-2H3,(H,12,13)/t7?,8-/m0/s1. The van der Waals surface area contributed by atoms with E-state index in [2.05, 4.69) is 5.32 Å². The van der Waals surface area contributed by atoms with Crippen molar-refractivity contribution >= 4 is 17.3 Å². The molecule has 0 saturated heterocycles. The van der Waals surface area contributed by atoms with Gasteiger partial charge in [0.25, 0.3) is 0 Å². The van der Waals surface area contributed by atoms with E-state index in [1.165, 1.54) is 4.88 Å². The van der Waals surface area contributed by atoms with Crippen LogP contribution in [0.15, 0.2) is 17.5 Å². The Balaban J connectivity index is 2.35. The van der Waals surface area contributed by atoms with Crippen LogP contribution in [0, 0.1) is 5.92 Å². The van der Waals surface area contributed by atoms with Crippen molar-refractivity contribution in [1.82, 2.24) is 5.32 Å². The molecule has 0 radical (unpaired) electrons. The van der Waals surface area contributed by atoms with Gasteiger partial charge in [-0.1, -0.05) is 13.0 Å². The van der Waals surface area contributed by atoms with Crippen molar-refractivity contribution in [2.75, 3.05) is 6.54 Å². The van der Waals surface area contributed by atoms with Crippen LogP contribution in [0.2, 0.25) is 0 Å². The van der Waals surface area contributed by atoms with Gasteiger partial charge in [0.05, 0.1) is 5.92 Å². The van der Waals surface area contributed by atoms with Gasteiger partial charge in [-0.25, -0.2) is 0 Å². The van der Waals surface area contributed by atoms with Crippen molar-refractivity contribution in [2.45, 2.75) is 19.9 Å². The van der Waals surface area contributed by atoms with Crippen molar-refractivity contribution in [3.8, 4) is 0 Å². The Kier molecular flexibility index (Phi) is 4.10. The molecule has 4 heteroatoms. The van der Waals surface area contributed by atoms with Crippen molar-refractivity contribution in [3.05, 3.63) is 22.4 Å². The Labute approximate surface area is 87.8 Å². The molecule has 2 atom stereocenters. The van der Waals surface area contributed by atoms with Crippen LogP contribution in [0.3, 0.4) is 0 Å². The molecular weight excluding hydrogens is 198 g/mol. The number of carboxylic acids is 1. The van der Waals surface area contributed by atoms with Crippen LogP contribution < -0.4 is 5.32 Å². The molecular formula is C10H15NO2S. The highest BCUT2D eigenvalue weighted by Gasteiger charge is 2.12. The van der Waals surface area contributed by atoms with Gasteiger partial charge < -0.3 is 10.4 Å². The average Bonchev–Trinajstić information content (AvgIpc) is 2.66. The van der Waals surface area contributed by atoms with Crippen LogP contribution in [0.4, 0.5) is 0 Å². The van der Waals surface area contributed by atoms with E-state index in [4.69, 9.17) is 5.11 Å². The van der Waals surface area contributed by atoms with Crippen LogP contribution in [-0.4, -0.2) is 17.6 Å². The summed E-state index contributed by atoms with van der Waals surface area (Å²) in [7, 11) is 0. The van der Waals surface area contributed by atoms with E-state index in [1.807, 2.05) is 24.4 Å². The Bertz CT molecular complexity index is 284. The lowest BCUT2D eigenvalue weighted by Crippen LogP contribution is -2.28. The summed E-state index contributed by atoms with van der Waals surface area (Å²) >= 11 is 1.68. The predicted octanol–water partition coefficient (Wildman–Crippen LogP) is 2.12. The van der Waals surface area contributed by atoms with Gasteiger partial charge in [0.1, 0.15) is 0 Å². The van der Waals surface area contributed by atoms with E-state index in [9.17, 15) is 4.79 Å². The number of nitrogens with one attached hydrogen (secondary N) is 1. The number of carboxylic acid groups (broad SMARTS) is 1. The first-order valence-corrected chi connectivity index (χ1v) is 5.49. The van der Waals surface area contributed by atoms with Crippen molar-refractivity contribution in [2.24, 2.45) is 5.92 Å². The lowest BCUT2D eigenvalue weighted by Gasteiger charge is -2.13. The van der Waals surface area contributed by atoms with Gasteiger partial charge in [-0.15, -0.1) is 11.3 Å². The SMILES string of the molecule is CC(CN[C@@H](C)c1cccs1)C(=O)O. The first kappa shape index (κ1) is 11.2. The smallest absolute Gasteiger partial charge is 0.307 e. The first-order chi connectivity index (χ1) is 6.61. The number of rotatable bonds is 5. The van der Waals surface area contributed by atoms with Gasteiger partial charge in [0.2, 0.25) is 0 Å². The van der Waals surface area contributed by atoms with E-state index < -0.39 is 5.97 Å². The topological polar surface area (TPSA) is 49.3 Å². The monoisotopic (exact) mass is 213 g/mol. The van der Waals surface area contributed by atoms with Gasteiger partial charge >= 0.3 is 5.97 Å². The summed E-state index contributed by atoms with van der Waals surface area (Å²) in [5.41, 5.74) is 0. The highest BCUT2D eigenvalue weighted by Crippen LogP contribution is 2.18. The zero-order valence-corrected chi connectivity index (χ0v) is 9.17. The van der Waals surface area contributed by atoms with Crippen LogP contribution in [0.25, 0.3) is 0 Å². The van der Waals surface area contributed by atoms with Crippen LogP contribution in [0.1, 0.15) is 24.8 Å². The highest BCUT2D eigenvalue weighted by atomic mass is 32.1. The van der Waals surface area contributed by atoms with Crippen LogP contribution >= 0.6 is 11.3 Å². The third kappa shape index (κ3) is 3.12. The molecule has 3 nitrogen and oxygen atoms in total. The van der Waals surface area contributed by atoms with Gasteiger partial charge in [-0.3, -0.25) is 4.79 Å². The molecule has 0 aromatic carbocycles. The number of hydrogen-bond acceptors (Lipinski definition) is 3. The zero-order valence-electron chi connectivity index (χ0n) is 8.36. The Hall–Kier alpha value is -0.870. The summed E-state index contributed by atoms with van der Waals surface area (Å²) in [5, 5.41) is 13.9. The number of hydrogen-bond donors (Lipinski definition) is 2. The minimum absolute atomic E-state index is 0.233. The molecule has 1 rings (SSSR count). The summed E-state index contributed by atoms with van der Waals surface area (Å²) in [6.45, 7) is 4.26. The van der Waals surface area contributed by atoms with Gasteiger partial charge in [0.15, 0.2) is 0 Å². The summed E-state index contributed by atoms with van der Waals surface area (Å²) < 4.78 is 0. The second kappa shape index (κ2) is 5.12. The molecule has 0 bridgehead atoms. The predicted molar refractivity (Wildman–Crippen MR) is 57.5 cm³/mol. The Morgan fingerprint density at radius 2 is 2.36 bits per heavy atom. The number of thiophene rings is 1. The molecule has 1 heterocycles. The molecule has 0 aliphatic carbocycles. The largest absolute Gasteiger partial charge is 0.481 e. The molecule has 0 fully saturated rings. The fourth-order valence-corrected chi connectivity index (χ4v) is 1.84. The Morgan fingerprint density at radius 3 is 2.86 bits per heavy atom. The van der Waals surface area contributed by atoms with Crippen LogP contribution in [0.5, 0.6) is 0 Å². The quantitative estimate of drug-likeness (QED) is 0.787. The van der Waals surface area contributed by atoms with Gasteiger partial charge in [0, 0.05) is 17.5 Å². The molecule has 78 valence electrons. The molecule has 1 unspecified atom stereocenters. The summed E-state index contributed by atoms with van der Waals surface area (Å²) in [6, 6.07) is 4.28. The molecule has 0 spiro atoms. The normalized spacial score (nSPS) is 15.0. The molecule has 2 N–H and O–H groups in total. The fraction of sp³-hybridized carbons (Fsp3) is 0.500. The Morgan fingerprint density at radius 1 is 1.64 bits per heavy atom. The summed E-state index contributed by atoms with van der Waals surface area (Å²) in [5.74, 6) is -1.09. The van der Waals surface area contributed by atoms with Crippen molar-refractivity contribution in [1.29, 1.82) is 0 Å². The maximum absolute atomic E-state index is 10.6. The third-order valence-electron chi connectivity index (χ3n) is 2.12. The van der Waals surface area contributed by atoms with E-state index in [0.29, 0.717) is 6.54 Å². The summed E-state index contributed by atoms with van der Waals surface area (Å²) in [4.78, 5) is 11.8. The van der Waals surface area contributed by atoms with Gasteiger partial charge in [-0.2, -0.15) is 0 Å².